The van der Waals surface area contributed by atoms with Crippen LogP contribution in [-0.4, -0.2) is 52.2 Å². The molecule has 1 atom stereocenters. The summed E-state index contributed by atoms with van der Waals surface area (Å²) in [6.45, 7) is 1.47. The van der Waals surface area contributed by atoms with Crippen LogP contribution in [0, 0.1) is 0 Å². The van der Waals surface area contributed by atoms with Gasteiger partial charge >= 0.3 is 17.8 Å². The van der Waals surface area contributed by atoms with Gasteiger partial charge in [0.25, 0.3) is 0 Å². The van der Waals surface area contributed by atoms with Crippen LogP contribution in [0.4, 0.5) is 4.79 Å². The van der Waals surface area contributed by atoms with Crippen LogP contribution in [0.5, 0.6) is 0 Å². The predicted molar refractivity (Wildman–Crippen MR) is 98.6 cm³/mol. The molecule has 2 fully saturated rings. The van der Waals surface area contributed by atoms with Crippen molar-refractivity contribution in [1.82, 2.24) is 15.1 Å². The highest BCUT2D eigenvalue weighted by atomic mass is 16.2. The molecule has 0 aromatic heterocycles. The molecule has 1 saturated carbocycles. The summed E-state index contributed by atoms with van der Waals surface area (Å²) in [6, 6.07) is 8.96. The average molecular weight is 371 g/mol. The number of nitrogens with zero attached hydrogens (tertiary/aromatic N) is 2. The number of hydrogen-bond acceptors (Lipinski definition) is 4. The first-order chi connectivity index (χ1) is 13.0. The van der Waals surface area contributed by atoms with Crippen molar-refractivity contribution >= 4 is 23.8 Å². The molecule has 0 spiro atoms. The highest BCUT2D eigenvalue weighted by Crippen LogP contribution is 2.27. The van der Waals surface area contributed by atoms with Crippen LogP contribution in [-0.2, 0) is 20.8 Å². The molecule has 1 unspecified atom stereocenters. The summed E-state index contributed by atoms with van der Waals surface area (Å²) in [5.74, 6) is -2.14. The van der Waals surface area contributed by atoms with Gasteiger partial charge in [-0.3, -0.25) is 19.3 Å². The van der Waals surface area contributed by atoms with E-state index in [1.54, 1.807) is 0 Å². The zero-order chi connectivity index (χ0) is 19.4. The highest BCUT2D eigenvalue weighted by Gasteiger charge is 2.48. The summed E-state index contributed by atoms with van der Waals surface area (Å²) in [6.07, 6.45) is 4.88. The molecule has 3 rings (SSSR count). The van der Waals surface area contributed by atoms with E-state index in [-0.39, 0.29) is 12.1 Å². The van der Waals surface area contributed by atoms with Gasteiger partial charge in [0.05, 0.1) is 0 Å². The molecule has 27 heavy (non-hydrogen) atoms. The summed E-state index contributed by atoms with van der Waals surface area (Å²) in [5.41, 5.74) is 1.18. The number of nitrogens with one attached hydrogen (secondary N) is 1. The Bertz CT molecular complexity index is 728. The quantitative estimate of drug-likeness (QED) is 0.585. The Morgan fingerprint density at radius 1 is 1.11 bits per heavy atom. The van der Waals surface area contributed by atoms with Crippen molar-refractivity contribution in [1.29, 1.82) is 0 Å². The van der Waals surface area contributed by atoms with Crippen molar-refractivity contribution in [2.45, 2.75) is 57.5 Å². The average Bonchev–Trinajstić information content (AvgIpc) is 3.24. The molecule has 7 nitrogen and oxygen atoms in total. The number of amides is 5. The van der Waals surface area contributed by atoms with Gasteiger partial charge < -0.3 is 5.32 Å². The first-order valence-electron chi connectivity index (χ1n) is 9.49. The van der Waals surface area contributed by atoms with Crippen LogP contribution < -0.4 is 5.32 Å². The zero-order valence-electron chi connectivity index (χ0n) is 15.5. The third-order valence-electron chi connectivity index (χ3n) is 5.19. The first-order valence-corrected chi connectivity index (χ1v) is 9.49. The Kier molecular flexibility index (Phi) is 5.88. The van der Waals surface area contributed by atoms with Gasteiger partial charge in [0.15, 0.2) is 0 Å². The summed E-state index contributed by atoms with van der Waals surface area (Å²) >= 11 is 0. The van der Waals surface area contributed by atoms with Crippen molar-refractivity contribution < 1.29 is 19.2 Å². The van der Waals surface area contributed by atoms with Gasteiger partial charge in [-0.1, -0.05) is 43.2 Å². The normalized spacial score (nSPS) is 19.1. The lowest BCUT2D eigenvalue weighted by atomic mass is 10.1. The molecule has 1 heterocycles. The molecule has 5 amide bonds. The summed E-state index contributed by atoms with van der Waals surface area (Å²) in [5, 5.41) is 2.80. The van der Waals surface area contributed by atoms with E-state index in [0.717, 1.165) is 48.3 Å². The predicted octanol–water partition coefficient (Wildman–Crippen LogP) is 1.86. The van der Waals surface area contributed by atoms with Gasteiger partial charge in [-0.25, -0.2) is 9.69 Å². The van der Waals surface area contributed by atoms with Crippen molar-refractivity contribution in [2.24, 2.45) is 0 Å². The lowest BCUT2D eigenvalue weighted by molar-refractivity contribution is -0.144. The fourth-order valence-electron chi connectivity index (χ4n) is 3.71. The van der Waals surface area contributed by atoms with Crippen molar-refractivity contribution in [3.05, 3.63) is 35.9 Å². The van der Waals surface area contributed by atoms with E-state index in [1.807, 2.05) is 37.3 Å². The molecule has 0 bridgehead atoms. The fraction of sp³-hybridized carbons (Fsp3) is 0.500. The Labute approximate surface area is 158 Å². The van der Waals surface area contributed by atoms with E-state index in [0.29, 0.717) is 0 Å². The van der Waals surface area contributed by atoms with E-state index in [4.69, 9.17) is 0 Å². The number of carbonyl (C=O) groups is 4. The maximum atomic E-state index is 12.5. The second-order valence-corrected chi connectivity index (χ2v) is 7.28. The molecule has 0 radical (unpaired) electrons. The number of aryl methyl sites for hydroxylation is 1. The molecule has 1 aliphatic carbocycles. The lowest BCUT2D eigenvalue weighted by Crippen LogP contribution is -2.45. The van der Waals surface area contributed by atoms with Crippen molar-refractivity contribution in [3.63, 3.8) is 0 Å². The number of carbonyl (C=O) groups excluding carboxylic acids is 4. The van der Waals surface area contributed by atoms with E-state index in [2.05, 4.69) is 5.32 Å². The van der Waals surface area contributed by atoms with E-state index in [1.165, 1.54) is 5.56 Å². The second-order valence-electron chi connectivity index (χ2n) is 7.28. The second kappa shape index (κ2) is 8.33. The third-order valence-corrected chi connectivity index (χ3v) is 5.19. The van der Waals surface area contributed by atoms with Gasteiger partial charge in [0.2, 0.25) is 5.91 Å². The van der Waals surface area contributed by atoms with Gasteiger partial charge in [-0.2, -0.15) is 0 Å². The van der Waals surface area contributed by atoms with Gasteiger partial charge in [0, 0.05) is 12.1 Å². The molecule has 1 N–H and O–H groups in total. The number of rotatable bonds is 7. The Balaban J connectivity index is 1.51. The number of hydrogen-bond donors (Lipinski definition) is 1. The van der Waals surface area contributed by atoms with Gasteiger partial charge in [0.1, 0.15) is 6.54 Å². The Morgan fingerprint density at radius 2 is 1.78 bits per heavy atom. The molecule has 144 valence electrons. The Morgan fingerprint density at radius 3 is 2.44 bits per heavy atom. The third kappa shape index (κ3) is 4.35. The summed E-state index contributed by atoms with van der Waals surface area (Å²) in [7, 11) is 0. The zero-order valence-corrected chi connectivity index (χ0v) is 15.5. The van der Waals surface area contributed by atoms with E-state index in [9.17, 15) is 19.2 Å². The summed E-state index contributed by atoms with van der Waals surface area (Å²) in [4.78, 5) is 50.8. The summed E-state index contributed by atoms with van der Waals surface area (Å²) < 4.78 is 0. The van der Waals surface area contributed by atoms with Crippen molar-refractivity contribution in [2.75, 3.05) is 6.54 Å². The minimum atomic E-state index is -0.904. The molecule has 1 saturated heterocycles. The number of benzene rings is 1. The molecule has 2 aliphatic rings. The minimum Gasteiger partial charge on any atom is -0.352 e. The lowest BCUT2D eigenvalue weighted by Gasteiger charge is -2.21. The van der Waals surface area contributed by atoms with E-state index >= 15 is 0 Å². The minimum absolute atomic E-state index is 0.104. The Hall–Kier alpha value is -2.70. The molecule has 1 aliphatic heterocycles. The van der Waals surface area contributed by atoms with Gasteiger partial charge in [-0.05, 0) is 38.2 Å². The molecule has 1 aromatic rings. The van der Waals surface area contributed by atoms with Crippen LogP contribution >= 0.6 is 0 Å². The maximum Gasteiger partial charge on any atom is 0.334 e. The van der Waals surface area contributed by atoms with Crippen molar-refractivity contribution in [3.8, 4) is 0 Å². The first kappa shape index (κ1) is 19.1. The monoisotopic (exact) mass is 371 g/mol. The number of imide groups is 2. The van der Waals surface area contributed by atoms with E-state index < -0.39 is 30.3 Å². The SMILES string of the molecule is CC(CCc1ccccc1)NC(=O)CN1C(=O)C(=O)N(C2CCCC2)C1=O. The van der Waals surface area contributed by atoms with Crippen LogP contribution in [0.25, 0.3) is 0 Å². The maximum absolute atomic E-state index is 12.5. The van der Waals surface area contributed by atoms with Gasteiger partial charge in [-0.15, -0.1) is 0 Å². The van der Waals surface area contributed by atoms with Crippen LogP contribution in [0.3, 0.4) is 0 Å². The van der Waals surface area contributed by atoms with Crippen LogP contribution in [0.1, 0.15) is 44.6 Å². The van der Waals surface area contributed by atoms with Crippen LogP contribution in [0.15, 0.2) is 30.3 Å². The smallest absolute Gasteiger partial charge is 0.334 e. The highest BCUT2D eigenvalue weighted by molar-refractivity contribution is 6.45. The number of urea groups is 1. The topological polar surface area (TPSA) is 86.8 Å². The molecule has 1 aromatic carbocycles. The molecular weight excluding hydrogens is 346 g/mol. The van der Waals surface area contributed by atoms with Crippen LogP contribution in [0.2, 0.25) is 0 Å². The fourth-order valence-corrected chi connectivity index (χ4v) is 3.71. The molecular formula is C20H25N3O4. The largest absolute Gasteiger partial charge is 0.352 e. The molecule has 7 heteroatoms. The standard InChI is InChI=1S/C20H25N3O4/c1-14(11-12-15-7-3-2-4-8-15)21-17(24)13-22-18(25)19(26)23(20(22)27)16-9-5-6-10-16/h2-4,7-8,14,16H,5-6,9-13H2,1H3,(H,21,24).